The molecule has 0 nitrogen and oxygen atoms in total. The molecular weight excluding hydrogens is 324 g/mol. The normalized spacial score (nSPS) is 19.7. The summed E-state index contributed by atoms with van der Waals surface area (Å²) in [5.74, 6) is 2.21. The van der Waals surface area contributed by atoms with E-state index >= 15 is 0 Å². The molecule has 0 spiro atoms. The number of hydrogen-bond donors (Lipinski definition) is 0. The van der Waals surface area contributed by atoms with Crippen molar-refractivity contribution in [1.29, 1.82) is 0 Å². The molecule has 156 valence electrons. The Kier molecular flexibility index (Phi) is 11.3. The van der Waals surface area contributed by atoms with E-state index in [1.807, 2.05) is 0 Å². The van der Waals surface area contributed by atoms with Crippen LogP contribution in [-0.4, -0.2) is 0 Å². The van der Waals surface area contributed by atoms with Crippen molar-refractivity contribution in [2.45, 2.75) is 95.9 Å². The van der Waals surface area contributed by atoms with Gasteiger partial charge in [0.25, 0.3) is 0 Å². The van der Waals surface area contributed by atoms with Crippen LogP contribution in [0.5, 0.6) is 0 Å². The van der Waals surface area contributed by atoms with Gasteiger partial charge in [0.05, 0.1) is 0 Å². The Bertz CT molecular complexity index is 559. The molecule has 2 unspecified atom stereocenters. The lowest BCUT2D eigenvalue weighted by atomic mass is 9.71. The SMILES string of the molecule is C/C=C(/CC)C(C)[C@H](C)C(=C\C)/C(=C/C)C(C)[C@H](C)/C(=C\C)CC(C)(C)C. The standard InChI is InChI=1S/C27H48/c1-13-23(14-2)19(6)21(8)25(16-4)26(17-5)22(9)20(7)24(15-3)18-27(10,11)12/h13,15-17,19-22H,14,18H2,1-12H3/b23-13-,24-15-,25-16+,26-17+/t19?,20-,21-,22?/m0/s1. The Morgan fingerprint density at radius 2 is 1.00 bits per heavy atom. The summed E-state index contributed by atoms with van der Waals surface area (Å²) in [4.78, 5) is 0. The third kappa shape index (κ3) is 7.47. The summed E-state index contributed by atoms with van der Waals surface area (Å²) in [6.45, 7) is 27.8. The second kappa shape index (κ2) is 11.7. The van der Waals surface area contributed by atoms with Gasteiger partial charge in [-0.3, -0.25) is 0 Å². The van der Waals surface area contributed by atoms with E-state index in [9.17, 15) is 0 Å². The van der Waals surface area contributed by atoms with Crippen LogP contribution < -0.4 is 0 Å². The summed E-state index contributed by atoms with van der Waals surface area (Å²) in [6.07, 6.45) is 11.7. The minimum absolute atomic E-state index is 0.332. The third-order valence-electron chi connectivity index (χ3n) is 6.49. The molecule has 0 heteroatoms. The highest BCUT2D eigenvalue weighted by molar-refractivity contribution is 5.37. The van der Waals surface area contributed by atoms with Crippen molar-refractivity contribution < 1.29 is 0 Å². The maximum Gasteiger partial charge on any atom is -0.0128 e. The summed E-state index contributed by atoms with van der Waals surface area (Å²) in [6, 6.07) is 0. The van der Waals surface area contributed by atoms with Gasteiger partial charge in [-0.05, 0) is 80.8 Å². The van der Waals surface area contributed by atoms with E-state index in [1.165, 1.54) is 17.6 Å². The van der Waals surface area contributed by atoms with E-state index in [-0.39, 0.29) is 0 Å². The fourth-order valence-electron chi connectivity index (χ4n) is 4.49. The molecule has 0 aromatic carbocycles. The highest BCUT2D eigenvalue weighted by Gasteiger charge is 2.28. The molecule has 0 aliphatic heterocycles. The summed E-state index contributed by atoms with van der Waals surface area (Å²) in [7, 11) is 0. The molecule has 0 radical (unpaired) electrons. The van der Waals surface area contributed by atoms with Gasteiger partial charge in [0.15, 0.2) is 0 Å². The fraction of sp³-hybridized carbons (Fsp3) is 0.704. The number of hydrogen-bond acceptors (Lipinski definition) is 0. The number of rotatable bonds is 9. The maximum atomic E-state index is 2.42. The van der Waals surface area contributed by atoms with Crippen LogP contribution in [0, 0.1) is 29.1 Å². The monoisotopic (exact) mass is 372 g/mol. The van der Waals surface area contributed by atoms with Crippen LogP contribution in [0.15, 0.2) is 46.6 Å². The fourth-order valence-corrected chi connectivity index (χ4v) is 4.49. The van der Waals surface area contributed by atoms with Crippen molar-refractivity contribution in [3.8, 4) is 0 Å². The lowest BCUT2D eigenvalue weighted by molar-refractivity contribution is 0.369. The molecule has 0 aromatic heterocycles. The molecule has 0 rings (SSSR count). The third-order valence-corrected chi connectivity index (χ3v) is 6.49. The first kappa shape index (κ1) is 26.0. The quantitative estimate of drug-likeness (QED) is 0.279. The van der Waals surface area contributed by atoms with Gasteiger partial charge in [0.1, 0.15) is 0 Å². The van der Waals surface area contributed by atoms with Crippen LogP contribution in [0.3, 0.4) is 0 Å². The highest BCUT2D eigenvalue weighted by atomic mass is 14.3. The molecule has 0 fully saturated rings. The predicted molar refractivity (Wildman–Crippen MR) is 126 cm³/mol. The van der Waals surface area contributed by atoms with Gasteiger partial charge < -0.3 is 0 Å². The Balaban J connectivity index is 5.71. The lowest BCUT2D eigenvalue weighted by Gasteiger charge is -2.33. The molecular formula is C27H48. The van der Waals surface area contributed by atoms with E-state index < -0.39 is 0 Å². The average Bonchev–Trinajstić information content (AvgIpc) is 2.62. The van der Waals surface area contributed by atoms with Crippen LogP contribution >= 0.6 is 0 Å². The molecule has 0 amide bonds. The summed E-state index contributed by atoms with van der Waals surface area (Å²) in [5.41, 5.74) is 6.56. The van der Waals surface area contributed by atoms with E-state index in [0.29, 0.717) is 29.1 Å². The van der Waals surface area contributed by atoms with Crippen LogP contribution in [-0.2, 0) is 0 Å². The zero-order valence-corrected chi connectivity index (χ0v) is 20.5. The van der Waals surface area contributed by atoms with Gasteiger partial charge in [-0.1, -0.05) is 90.8 Å². The Morgan fingerprint density at radius 1 is 0.630 bits per heavy atom. The van der Waals surface area contributed by atoms with Crippen molar-refractivity contribution in [3.63, 3.8) is 0 Å². The molecule has 0 bridgehead atoms. The van der Waals surface area contributed by atoms with Crippen LogP contribution in [0.25, 0.3) is 0 Å². The Labute approximate surface area is 171 Å². The van der Waals surface area contributed by atoms with E-state index in [4.69, 9.17) is 0 Å². The zero-order chi connectivity index (χ0) is 21.4. The van der Waals surface area contributed by atoms with Crippen LogP contribution in [0.4, 0.5) is 0 Å². The topological polar surface area (TPSA) is 0 Å². The molecule has 0 heterocycles. The summed E-state index contributed by atoms with van der Waals surface area (Å²) >= 11 is 0. The Morgan fingerprint density at radius 3 is 1.26 bits per heavy atom. The summed E-state index contributed by atoms with van der Waals surface area (Å²) < 4.78 is 0. The summed E-state index contributed by atoms with van der Waals surface area (Å²) in [5, 5.41) is 0. The molecule has 27 heavy (non-hydrogen) atoms. The Hall–Kier alpha value is -1.04. The van der Waals surface area contributed by atoms with Crippen molar-refractivity contribution in [3.05, 3.63) is 46.6 Å². The lowest BCUT2D eigenvalue weighted by Crippen LogP contribution is -2.22. The van der Waals surface area contributed by atoms with E-state index in [0.717, 1.165) is 6.42 Å². The molecule has 0 aromatic rings. The maximum absolute atomic E-state index is 2.42. The zero-order valence-electron chi connectivity index (χ0n) is 20.5. The predicted octanol–water partition coefficient (Wildman–Crippen LogP) is 9.16. The van der Waals surface area contributed by atoms with Gasteiger partial charge in [-0.15, -0.1) is 0 Å². The first-order chi connectivity index (χ1) is 12.5. The van der Waals surface area contributed by atoms with Gasteiger partial charge in [-0.2, -0.15) is 0 Å². The molecule has 0 saturated heterocycles. The first-order valence-electron chi connectivity index (χ1n) is 11.1. The smallest absolute Gasteiger partial charge is 0.0128 e. The van der Waals surface area contributed by atoms with Gasteiger partial charge in [0.2, 0.25) is 0 Å². The molecule has 0 aliphatic rings. The van der Waals surface area contributed by atoms with Crippen molar-refractivity contribution in [1.82, 2.24) is 0 Å². The molecule has 0 aliphatic carbocycles. The minimum atomic E-state index is 0.332. The highest BCUT2D eigenvalue weighted by Crippen LogP contribution is 2.40. The second-order valence-corrected chi connectivity index (χ2v) is 9.46. The van der Waals surface area contributed by atoms with E-state index in [1.54, 1.807) is 11.1 Å². The molecule has 0 saturated carbocycles. The minimum Gasteiger partial charge on any atom is -0.0882 e. The van der Waals surface area contributed by atoms with Crippen molar-refractivity contribution in [2.75, 3.05) is 0 Å². The van der Waals surface area contributed by atoms with Crippen LogP contribution in [0.2, 0.25) is 0 Å². The first-order valence-corrected chi connectivity index (χ1v) is 11.1. The van der Waals surface area contributed by atoms with Crippen LogP contribution in [0.1, 0.15) is 95.9 Å². The van der Waals surface area contributed by atoms with Crippen molar-refractivity contribution in [2.24, 2.45) is 29.1 Å². The van der Waals surface area contributed by atoms with Gasteiger partial charge >= 0.3 is 0 Å². The molecule has 4 atom stereocenters. The second-order valence-electron chi connectivity index (χ2n) is 9.46. The number of allylic oxidation sites excluding steroid dienone is 8. The largest absolute Gasteiger partial charge is 0.0882 e. The molecule has 0 N–H and O–H groups in total. The van der Waals surface area contributed by atoms with Crippen molar-refractivity contribution >= 4 is 0 Å². The average molecular weight is 373 g/mol. The van der Waals surface area contributed by atoms with Gasteiger partial charge in [0, 0.05) is 0 Å². The van der Waals surface area contributed by atoms with E-state index in [2.05, 4.69) is 107 Å². The van der Waals surface area contributed by atoms with Gasteiger partial charge in [-0.25, -0.2) is 0 Å².